The van der Waals surface area contributed by atoms with Crippen molar-refractivity contribution in [2.45, 2.75) is 32.6 Å². The van der Waals surface area contributed by atoms with Gasteiger partial charge >= 0.3 is 5.97 Å². The van der Waals surface area contributed by atoms with Crippen LogP contribution in [0.1, 0.15) is 48.5 Å². The van der Waals surface area contributed by atoms with Crippen LogP contribution < -0.4 is 0 Å². The van der Waals surface area contributed by atoms with Gasteiger partial charge in [0.1, 0.15) is 0 Å². The number of esters is 1. The van der Waals surface area contributed by atoms with Crippen LogP contribution in [0, 0.1) is 11.3 Å². The monoisotopic (exact) mass is 231 g/mol. The molecule has 1 aromatic carbocycles. The largest absolute Gasteiger partial charge is 0.462 e. The summed E-state index contributed by atoms with van der Waals surface area (Å²) in [6.45, 7) is 4.14. The van der Waals surface area contributed by atoms with Gasteiger partial charge in [0.15, 0.2) is 0 Å². The Morgan fingerprint density at radius 1 is 1.41 bits per heavy atom. The lowest BCUT2D eigenvalue weighted by Gasteiger charge is -2.12. The molecule has 0 radical (unpaired) electrons. The zero-order valence-electron chi connectivity index (χ0n) is 10.3. The zero-order valence-corrected chi connectivity index (χ0v) is 10.3. The normalized spacial score (nSPS) is 11.6. The van der Waals surface area contributed by atoms with Gasteiger partial charge in [-0.3, -0.25) is 0 Å². The fraction of sp³-hybridized carbons (Fsp3) is 0.429. The standard InChI is InChI=1S/C14H17NO2/c1-3-7-11(10-15)12-8-5-6-9-13(12)14(16)17-4-2/h5-6,8-9,11H,3-4,7H2,1-2H3. The molecular formula is C14H17NO2. The van der Waals surface area contributed by atoms with E-state index in [9.17, 15) is 4.79 Å². The quantitative estimate of drug-likeness (QED) is 0.731. The molecule has 1 aromatic rings. The number of rotatable bonds is 5. The highest BCUT2D eigenvalue weighted by Gasteiger charge is 2.18. The molecule has 3 nitrogen and oxygen atoms in total. The topological polar surface area (TPSA) is 50.1 Å². The Balaban J connectivity index is 3.06. The molecule has 0 heterocycles. The van der Waals surface area contributed by atoms with E-state index >= 15 is 0 Å². The highest BCUT2D eigenvalue weighted by atomic mass is 16.5. The van der Waals surface area contributed by atoms with Crippen molar-refractivity contribution in [3.05, 3.63) is 35.4 Å². The molecule has 0 saturated carbocycles. The van der Waals surface area contributed by atoms with Crippen LogP contribution in [0.25, 0.3) is 0 Å². The Morgan fingerprint density at radius 2 is 2.12 bits per heavy atom. The lowest BCUT2D eigenvalue weighted by Crippen LogP contribution is -2.10. The highest BCUT2D eigenvalue weighted by molar-refractivity contribution is 5.91. The SMILES string of the molecule is CCCC(C#N)c1ccccc1C(=O)OCC. The Morgan fingerprint density at radius 3 is 2.71 bits per heavy atom. The van der Waals surface area contributed by atoms with Gasteiger partial charge in [-0.15, -0.1) is 0 Å². The maximum Gasteiger partial charge on any atom is 0.338 e. The van der Waals surface area contributed by atoms with Gasteiger partial charge in [0.05, 0.1) is 24.2 Å². The number of ether oxygens (including phenoxy) is 1. The molecule has 0 bridgehead atoms. The predicted octanol–water partition coefficient (Wildman–Crippen LogP) is 3.27. The fourth-order valence-electron chi connectivity index (χ4n) is 1.77. The highest BCUT2D eigenvalue weighted by Crippen LogP contribution is 2.24. The summed E-state index contributed by atoms with van der Waals surface area (Å²) in [5.41, 5.74) is 1.28. The maximum atomic E-state index is 11.8. The number of benzene rings is 1. The lowest BCUT2D eigenvalue weighted by molar-refractivity contribution is 0.0525. The van der Waals surface area contributed by atoms with Crippen LogP contribution in [-0.2, 0) is 4.74 Å². The van der Waals surface area contributed by atoms with Crippen LogP contribution in [0.2, 0.25) is 0 Å². The Bertz CT molecular complexity index is 420. The number of hydrogen-bond acceptors (Lipinski definition) is 3. The molecule has 90 valence electrons. The van der Waals surface area contributed by atoms with Crippen LogP contribution in [0.4, 0.5) is 0 Å². The summed E-state index contributed by atoms with van der Waals surface area (Å²) in [6.07, 6.45) is 1.67. The van der Waals surface area contributed by atoms with Crippen molar-refractivity contribution in [3.63, 3.8) is 0 Å². The third-order valence-corrected chi connectivity index (χ3v) is 2.56. The first-order chi connectivity index (χ1) is 8.24. The molecule has 0 spiro atoms. The van der Waals surface area contributed by atoms with Crippen LogP contribution >= 0.6 is 0 Å². The summed E-state index contributed by atoms with van der Waals surface area (Å²) >= 11 is 0. The summed E-state index contributed by atoms with van der Waals surface area (Å²) in [6, 6.07) is 9.43. The molecule has 0 aromatic heterocycles. The lowest BCUT2D eigenvalue weighted by atomic mass is 9.92. The zero-order chi connectivity index (χ0) is 12.7. The smallest absolute Gasteiger partial charge is 0.338 e. The first-order valence-electron chi connectivity index (χ1n) is 5.90. The second kappa shape index (κ2) is 6.70. The van der Waals surface area contributed by atoms with Crippen molar-refractivity contribution in [2.24, 2.45) is 0 Å². The summed E-state index contributed by atoms with van der Waals surface area (Å²) in [5.74, 6) is -0.583. The van der Waals surface area contributed by atoms with Crippen LogP contribution in [0.3, 0.4) is 0 Å². The van der Waals surface area contributed by atoms with E-state index in [2.05, 4.69) is 6.07 Å². The van der Waals surface area contributed by atoms with Gasteiger partial charge in [-0.05, 0) is 25.0 Å². The van der Waals surface area contributed by atoms with Crippen molar-refractivity contribution in [3.8, 4) is 6.07 Å². The third kappa shape index (κ3) is 3.32. The molecular weight excluding hydrogens is 214 g/mol. The molecule has 1 rings (SSSR count). The second-order valence-electron chi connectivity index (χ2n) is 3.78. The van der Waals surface area contributed by atoms with Gasteiger partial charge in [0.25, 0.3) is 0 Å². The first-order valence-corrected chi connectivity index (χ1v) is 5.90. The summed E-state index contributed by atoms with van der Waals surface area (Å²) < 4.78 is 4.99. The number of hydrogen-bond donors (Lipinski definition) is 0. The van der Waals surface area contributed by atoms with Gasteiger partial charge in [-0.2, -0.15) is 5.26 Å². The molecule has 0 aliphatic heterocycles. The van der Waals surface area contributed by atoms with E-state index in [0.29, 0.717) is 12.2 Å². The van der Waals surface area contributed by atoms with Crippen molar-refractivity contribution in [1.82, 2.24) is 0 Å². The van der Waals surface area contributed by atoms with Gasteiger partial charge in [0.2, 0.25) is 0 Å². The maximum absolute atomic E-state index is 11.8. The minimum Gasteiger partial charge on any atom is -0.462 e. The average molecular weight is 231 g/mol. The van der Waals surface area contributed by atoms with Gasteiger partial charge < -0.3 is 4.74 Å². The molecule has 0 saturated heterocycles. The minimum absolute atomic E-state index is 0.236. The van der Waals surface area contributed by atoms with E-state index in [0.717, 1.165) is 18.4 Å². The number of nitrogens with zero attached hydrogens (tertiary/aromatic N) is 1. The number of carbonyl (C=O) groups excluding carboxylic acids is 1. The average Bonchev–Trinajstić information content (AvgIpc) is 2.36. The summed E-state index contributed by atoms with van der Waals surface area (Å²) in [5, 5.41) is 9.14. The van der Waals surface area contributed by atoms with Gasteiger partial charge in [0, 0.05) is 0 Å². The van der Waals surface area contributed by atoms with Crippen molar-refractivity contribution < 1.29 is 9.53 Å². The molecule has 17 heavy (non-hydrogen) atoms. The van der Waals surface area contributed by atoms with Crippen LogP contribution in [0.5, 0.6) is 0 Å². The van der Waals surface area contributed by atoms with E-state index in [1.54, 1.807) is 19.1 Å². The first kappa shape index (κ1) is 13.2. The molecule has 0 amide bonds. The predicted molar refractivity (Wildman–Crippen MR) is 65.7 cm³/mol. The molecule has 0 fully saturated rings. The summed E-state index contributed by atoms with van der Waals surface area (Å²) in [7, 11) is 0. The number of carbonyl (C=O) groups is 1. The van der Waals surface area contributed by atoms with Gasteiger partial charge in [-0.25, -0.2) is 4.79 Å². The van der Waals surface area contributed by atoms with E-state index in [4.69, 9.17) is 10.00 Å². The molecule has 0 aliphatic carbocycles. The van der Waals surface area contributed by atoms with E-state index in [1.807, 2.05) is 19.1 Å². The molecule has 3 heteroatoms. The van der Waals surface area contributed by atoms with E-state index in [-0.39, 0.29) is 11.9 Å². The van der Waals surface area contributed by atoms with Crippen molar-refractivity contribution >= 4 is 5.97 Å². The molecule has 0 aliphatic rings. The second-order valence-corrected chi connectivity index (χ2v) is 3.78. The van der Waals surface area contributed by atoms with E-state index in [1.165, 1.54) is 0 Å². The fourth-order valence-corrected chi connectivity index (χ4v) is 1.77. The minimum atomic E-state index is -0.348. The Labute approximate surface area is 102 Å². The van der Waals surface area contributed by atoms with E-state index < -0.39 is 0 Å². The van der Waals surface area contributed by atoms with Crippen LogP contribution in [0.15, 0.2) is 24.3 Å². The summed E-state index contributed by atoms with van der Waals surface area (Å²) in [4.78, 5) is 11.8. The molecule has 1 atom stereocenters. The Hall–Kier alpha value is -1.82. The van der Waals surface area contributed by atoms with Crippen molar-refractivity contribution in [2.75, 3.05) is 6.61 Å². The van der Waals surface area contributed by atoms with Crippen LogP contribution in [-0.4, -0.2) is 12.6 Å². The molecule has 0 N–H and O–H groups in total. The Kier molecular flexibility index (Phi) is 5.22. The number of nitriles is 1. The van der Waals surface area contributed by atoms with Crippen molar-refractivity contribution in [1.29, 1.82) is 5.26 Å². The third-order valence-electron chi connectivity index (χ3n) is 2.56. The molecule has 1 unspecified atom stereocenters. The van der Waals surface area contributed by atoms with Gasteiger partial charge in [-0.1, -0.05) is 31.5 Å².